The maximum atomic E-state index is 11.3. The molecular weight excluding hydrogens is 320 g/mol. The zero-order chi connectivity index (χ0) is 17.0. The summed E-state index contributed by atoms with van der Waals surface area (Å²) in [6.45, 7) is 1.91. The number of nitrogens with two attached hydrogens (primary N) is 1. The molecule has 0 heterocycles. The number of hydrogen-bond donors (Lipinski definition) is 2. The largest absolute Gasteiger partial charge is 0.295 e. The molecule has 2 aromatic rings. The van der Waals surface area contributed by atoms with Crippen LogP contribution in [0.1, 0.15) is 11.1 Å². The van der Waals surface area contributed by atoms with Crippen LogP contribution < -0.4 is 10.6 Å². The van der Waals surface area contributed by atoms with Crippen molar-refractivity contribution < 1.29 is 13.3 Å². The van der Waals surface area contributed by atoms with Crippen molar-refractivity contribution in [2.45, 2.75) is 11.8 Å². The Balaban J connectivity index is 2.30. The van der Waals surface area contributed by atoms with E-state index in [2.05, 4.69) is 10.5 Å². The molecule has 0 aromatic heterocycles. The lowest BCUT2D eigenvalue weighted by Gasteiger charge is -2.04. The van der Waals surface area contributed by atoms with Crippen LogP contribution in [0.15, 0.2) is 52.5 Å². The fourth-order valence-electron chi connectivity index (χ4n) is 1.84. The summed E-state index contributed by atoms with van der Waals surface area (Å²) in [5.41, 5.74) is 4.02. The molecule has 8 nitrogen and oxygen atoms in total. The Hall–Kier alpha value is -2.78. The first-order chi connectivity index (χ1) is 10.8. The Kier molecular flexibility index (Phi) is 4.72. The maximum Gasteiger partial charge on any atom is 0.295 e. The van der Waals surface area contributed by atoms with Gasteiger partial charge < -0.3 is 0 Å². The number of nitrogens with one attached hydrogen (secondary N) is 1. The number of hydrazone groups is 1. The third kappa shape index (κ3) is 4.11. The molecular formula is C14H14N4O4S. The van der Waals surface area contributed by atoms with E-state index in [-0.39, 0.29) is 10.6 Å². The third-order valence-corrected chi connectivity index (χ3v) is 3.98. The molecule has 0 aliphatic rings. The van der Waals surface area contributed by atoms with Crippen LogP contribution in [0.2, 0.25) is 0 Å². The molecule has 2 aromatic carbocycles. The van der Waals surface area contributed by atoms with Crippen LogP contribution >= 0.6 is 0 Å². The quantitative estimate of drug-likeness (QED) is 0.491. The lowest BCUT2D eigenvalue weighted by Crippen LogP contribution is -2.12. The van der Waals surface area contributed by atoms with E-state index in [4.69, 9.17) is 5.14 Å². The molecule has 0 atom stereocenters. The molecule has 0 aliphatic carbocycles. The number of primary sulfonamides is 1. The minimum atomic E-state index is -4.02. The van der Waals surface area contributed by atoms with E-state index >= 15 is 0 Å². The van der Waals surface area contributed by atoms with Gasteiger partial charge in [0.2, 0.25) is 10.0 Å². The van der Waals surface area contributed by atoms with Gasteiger partial charge in [0.25, 0.3) is 5.69 Å². The molecule has 0 fully saturated rings. The SMILES string of the molecule is Cc1ccccc1C=NNc1ccc(S(N)(=O)=O)cc1[N+](=O)[O-]. The Morgan fingerprint density at radius 1 is 1.26 bits per heavy atom. The molecule has 9 heteroatoms. The maximum absolute atomic E-state index is 11.3. The van der Waals surface area contributed by atoms with Crippen LogP contribution in [0.25, 0.3) is 0 Å². The summed E-state index contributed by atoms with van der Waals surface area (Å²) < 4.78 is 22.5. The minimum absolute atomic E-state index is 0.0623. The second-order valence-electron chi connectivity index (χ2n) is 4.71. The molecule has 0 aliphatic heterocycles. The summed E-state index contributed by atoms with van der Waals surface area (Å²) in [6.07, 6.45) is 1.52. The van der Waals surface area contributed by atoms with Crippen LogP contribution in [-0.2, 0) is 10.0 Å². The molecule has 120 valence electrons. The first-order valence-electron chi connectivity index (χ1n) is 6.45. The monoisotopic (exact) mass is 334 g/mol. The van der Waals surface area contributed by atoms with E-state index in [1.165, 1.54) is 18.3 Å². The zero-order valence-electron chi connectivity index (χ0n) is 12.1. The van der Waals surface area contributed by atoms with Gasteiger partial charge >= 0.3 is 0 Å². The number of hydrogen-bond acceptors (Lipinski definition) is 6. The predicted molar refractivity (Wildman–Crippen MR) is 86.9 cm³/mol. The number of nitro benzene ring substituents is 1. The van der Waals surface area contributed by atoms with Crippen LogP contribution in [0, 0.1) is 17.0 Å². The van der Waals surface area contributed by atoms with Crippen molar-refractivity contribution in [1.82, 2.24) is 0 Å². The smallest absolute Gasteiger partial charge is 0.272 e. The normalized spacial score (nSPS) is 11.6. The number of nitro groups is 1. The highest BCUT2D eigenvalue weighted by atomic mass is 32.2. The first-order valence-corrected chi connectivity index (χ1v) is 7.99. The summed E-state index contributed by atoms with van der Waals surface area (Å²) in [5, 5.41) is 20.0. The van der Waals surface area contributed by atoms with Crippen LogP contribution in [0.3, 0.4) is 0 Å². The van der Waals surface area contributed by atoms with E-state index in [1.807, 2.05) is 31.2 Å². The van der Waals surface area contributed by atoms with E-state index in [0.29, 0.717) is 0 Å². The van der Waals surface area contributed by atoms with Crippen molar-refractivity contribution in [3.63, 3.8) is 0 Å². The fourth-order valence-corrected chi connectivity index (χ4v) is 2.37. The van der Waals surface area contributed by atoms with Crippen molar-refractivity contribution in [2.75, 3.05) is 5.43 Å². The zero-order valence-corrected chi connectivity index (χ0v) is 12.9. The summed E-state index contributed by atoms with van der Waals surface area (Å²) in [5.74, 6) is 0. The van der Waals surface area contributed by atoms with Gasteiger partial charge in [-0.05, 0) is 30.2 Å². The average molecular weight is 334 g/mol. The molecule has 0 radical (unpaired) electrons. The standard InChI is InChI=1S/C14H14N4O4S/c1-10-4-2-3-5-11(10)9-16-17-13-7-6-12(23(15,21)22)8-14(13)18(19)20/h2-9,17H,1H3,(H2,15,21,22). The van der Waals surface area contributed by atoms with Crippen molar-refractivity contribution in [2.24, 2.45) is 10.2 Å². The van der Waals surface area contributed by atoms with Gasteiger partial charge in [0.15, 0.2) is 0 Å². The Bertz CT molecular complexity index is 878. The number of sulfonamides is 1. The molecule has 0 saturated carbocycles. The Morgan fingerprint density at radius 3 is 2.57 bits per heavy atom. The minimum Gasteiger partial charge on any atom is -0.272 e. The number of anilines is 1. The van der Waals surface area contributed by atoms with Crippen LogP contribution in [0.4, 0.5) is 11.4 Å². The number of rotatable bonds is 5. The van der Waals surface area contributed by atoms with Gasteiger partial charge in [-0.1, -0.05) is 24.3 Å². The second-order valence-corrected chi connectivity index (χ2v) is 6.27. The second kappa shape index (κ2) is 6.55. The van der Waals surface area contributed by atoms with Gasteiger partial charge in [-0.2, -0.15) is 5.10 Å². The van der Waals surface area contributed by atoms with Gasteiger partial charge in [0.1, 0.15) is 5.69 Å². The van der Waals surface area contributed by atoms with Crippen LogP contribution in [-0.4, -0.2) is 19.6 Å². The summed E-state index contributed by atoms with van der Waals surface area (Å²) in [6, 6.07) is 10.8. The van der Waals surface area contributed by atoms with E-state index < -0.39 is 20.6 Å². The highest BCUT2D eigenvalue weighted by Crippen LogP contribution is 2.27. The van der Waals surface area contributed by atoms with Gasteiger partial charge in [-0.3, -0.25) is 15.5 Å². The van der Waals surface area contributed by atoms with E-state index in [9.17, 15) is 18.5 Å². The van der Waals surface area contributed by atoms with Crippen molar-refractivity contribution >= 4 is 27.6 Å². The predicted octanol–water partition coefficient (Wildman–Crippen LogP) is 2.00. The molecule has 2 rings (SSSR count). The third-order valence-electron chi connectivity index (χ3n) is 3.07. The Morgan fingerprint density at radius 2 is 1.96 bits per heavy atom. The highest BCUT2D eigenvalue weighted by Gasteiger charge is 2.18. The van der Waals surface area contributed by atoms with Crippen LogP contribution in [0.5, 0.6) is 0 Å². The number of benzene rings is 2. The highest BCUT2D eigenvalue weighted by molar-refractivity contribution is 7.89. The molecule has 0 unspecified atom stereocenters. The van der Waals surface area contributed by atoms with Gasteiger partial charge in [-0.15, -0.1) is 0 Å². The van der Waals surface area contributed by atoms with Crippen molar-refractivity contribution in [3.8, 4) is 0 Å². The van der Waals surface area contributed by atoms with E-state index in [0.717, 1.165) is 17.2 Å². The molecule has 0 amide bonds. The topological polar surface area (TPSA) is 128 Å². The van der Waals surface area contributed by atoms with Gasteiger partial charge in [-0.25, -0.2) is 13.6 Å². The molecule has 3 N–H and O–H groups in total. The molecule has 0 spiro atoms. The number of aryl methyl sites for hydroxylation is 1. The first kappa shape index (κ1) is 16.6. The lowest BCUT2D eigenvalue weighted by molar-refractivity contribution is -0.384. The van der Waals surface area contributed by atoms with Gasteiger partial charge in [0, 0.05) is 6.07 Å². The van der Waals surface area contributed by atoms with Gasteiger partial charge in [0.05, 0.1) is 16.0 Å². The summed E-state index contributed by atoms with van der Waals surface area (Å²) in [7, 11) is -4.02. The van der Waals surface area contributed by atoms with Crippen molar-refractivity contribution in [1.29, 1.82) is 0 Å². The van der Waals surface area contributed by atoms with E-state index in [1.54, 1.807) is 0 Å². The molecule has 0 bridgehead atoms. The van der Waals surface area contributed by atoms with Crippen molar-refractivity contribution in [3.05, 3.63) is 63.7 Å². The average Bonchev–Trinajstić information content (AvgIpc) is 2.48. The molecule has 23 heavy (non-hydrogen) atoms. The Labute approximate surface area is 132 Å². The fraction of sp³-hybridized carbons (Fsp3) is 0.0714. The summed E-state index contributed by atoms with van der Waals surface area (Å²) in [4.78, 5) is 10.0. The lowest BCUT2D eigenvalue weighted by atomic mass is 10.1. The number of nitrogens with zero attached hydrogens (tertiary/aromatic N) is 2. The molecule has 0 saturated heterocycles. The summed E-state index contributed by atoms with van der Waals surface area (Å²) >= 11 is 0.